The molecule has 1 aliphatic rings. The fraction of sp³-hybridized carbons (Fsp3) is 0.625. The van der Waals surface area contributed by atoms with Gasteiger partial charge in [-0.3, -0.25) is 4.90 Å². The van der Waals surface area contributed by atoms with E-state index in [-0.39, 0.29) is 0 Å². The molecular formula is C16H26N2O. The molecule has 0 radical (unpaired) electrons. The summed E-state index contributed by atoms with van der Waals surface area (Å²) >= 11 is 0. The van der Waals surface area contributed by atoms with Gasteiger partial charge in [-0.25, -0.2) is 0 Å². The highest BCUT2D eigenvalue weighted by Gasteiger charge is 2.27. The van der Waals surface area contributed by atoms with Crippen LogP contribution in [0.25, 0.3) is 0 Å². The Hall–Kier alpha value is -1.06. The number of hydrogen-bond acceptors (Lipinski definition) is 3. The Morgan fingerprint density at radius 2 is 2.11 bits per heavy atom. The molecule has 0 spiro atoms. The van der Waals surface area contributed by atoms with Crippen LogP contribution in [0.2, 0.25) is 0 Å². The van der Waals surface area contributed by atoms with Gasteiger partial charge >= 0.3 is 0 Å². The second kappa shape index (κ2) is 6.40. The van der Waals surface area contributed by atoms with E-state index in [1.165, 1.54) is 5.56 Å². The van der Waals surface area contributed by atoms with Crippen LogP contribution in [0.3, 0.4) is 0 Å². The molecule has 0 amide bonds. The normalized spacial score (nSPS) is 26.1. The molecule has 0 aliphatic carbocycles. The summed E-state index contributed by atoms with van der Waals surface area (Å²) in [5.74, 6) is 1.68. The molecule has 1 aromatic carbocycles. The van der Waals surface area contributed by atoms with Gasteiger partial charge in [0.2, 0.25) is 0 Å². The number of nitrogens with zero attached hydrogens (tertiary/aromatic N) is 1. The lowest BCUT2D eigenvalue weighted by Gasteiger charge is -2.39. The number of hydrogen-bond donors (Lipinski definition) is 1. The molecule has 3 heteroatoms. The maximum Gasteiger partial charge on any atom is 0.124 e. The number of para-hydroxylation sites is 1. The van der Waals surface area contributed by atoms with E-state index in [2.05, 4.69) is 36.9 Å². The third-order valence-corrected chi connectivity index (χ3v) is 3.94. The Morgan fingerprint density at radius 1 is 1.37 bits per heavy atom. The van der Waals surface area contributed by atoms with Crippen LogP contribution in [0.5, 0.6) is 5.75 Å². The van der Waals surface area contributed by atoms with Crippen molar-refractivity contribution < 1.29 is 4.74 Å². The van der Waals surface area contributed by atoms with Gasteiger partial charge in [0.25, 0.3) is 0 Å². The maximum absolute atomic E-state index is 6.16. The first-order valence-corrected chi connectivity index (χ1v) is 7.33. The Labute approximate surface area is 116 Å². The van der Waals surface area contributed by atoms with Crippen molar-refractivity contribution in [1.29, 1.82) is 0 Å². The molecule has 2 rings (SSSR count). The summed E-state index contributed by atoms with van der Waals surface area (Å²) in [6.07, 6.45) is 1.14. The lowest BCUT2D eigenvalue weighted by molar-refractivity contribution is 0.122. The minimum Gasteiger partial charge on any atom is -0.494 e. The van der Waals surface area contributed by atoms with Crippen LogP contribution in [0, 0.1) is 5.92 Å². The van der Waals surface area contributed by atoms with Crippen molar-refractivity contribution in [3.8, 4) is 5.75 Å². The van der Waals surface area contributed by atoms with Gasteiger partial charge in [-0.1, -0.05) is 25.1 Å². The van der Waals surface area contributed by atoms with E-state index in [1.807, 2.05) is 13.0 Å². The van der Waals surface area contributed by atoms with E-state index in [0.717, 1.165) is 25.3 Å². The summed E-state index contributed by atoms with van der Waals surface area (Å²) in [4.78, 5) is 2.48. The van der Waals surface area contributed by atoms with Gasteiger partial charge < -0.3 is 10.5 Å². The summed E-state index contributed by atoms with van der Waals surface area (Å²) in [5, 5.41) is 0. The number of rotatable bonds is 4. The van der Waals surface area contributed by atoms with Gasteiger partial charge in [0.1, 0.15) is 5.75 Å². The van der Waals surface area contributed by atoms with Crippen molar-refractivity contribution in [1.82, 2.24) is 4.90 Å². The lowest BCUT2D eigenvalue weighted by atomic mass is 9.94. The molecule has 1 heterocycles. The zero-order valence-corrected chi connectivity index (χ0v) is 12.3. The van der Waals surface area contributed by atoms with E-state index >= 15 is 0 Å². The molecular weight excluding hydrogens is 236 g/mol. The van der Waals surface area contributed by atoms with Crippen molar-refractivity contribution in [3.63, 3.8) is 0 Å². The largest absolute Gasteiger partial charge is 0.494 e. The smallest absolute Gasteiger partial charge is 0.124 e. The van der Waals surface area contributed by atoms with Crippen LogP contribution in [-0.4, -0.2) is 30.6 Å². The first kappa shape index (κ1) is 14.4. The summed E-state index contributed by atoms with van der Waals surface area (Å²) in [7, 11) is 0. The van der Waals surface area contributed by atoms with Gasteiger partial charge in [0, 0.05) is 30.7 Å². The van der Waals surface area contributed by atoms with Gasteiger partial charge in [-0.2, -0.15) is 0 Å². The number of likely N-dealkylation sites (tertiary alicyclic amines) is 1. The van der Waals surface area contributed by atoms with E-state index in [4.69, 9.17) is 10.5 Å². The number of ether oxygens (including phenoxy) is 1. The second-order valence-electron chi connectivity index (χ2n) is 5.70. The van der Waals surface area contributed by atoms with Crippen LogP contribution < -0.4 is 10.5 Å². The third kappa shape index (κ3) is 3.48. The Kier molecular flexibility index (Phi) is 4.83. The summed E-state index contributed by atoms with van der Waals surface area (Å²) in [6, 6.07) is 9.00. The highest BCUT2D eigenvalue weighted by molar-refractivity contribution is 5.35. The number of nitrogens with two attached hydrogens (primary N) is 1. The second-order valence-corrected chi connectivity index (χ2v) is 5.70. The van der Waals surface area contributed by atoms with Gasteiger partial charge in [-0.15, -0.1) is 0 Å². The minimum absolute atomic E-state index is 0.297. The highest BCUT2D eigenvalue weighted by Crippen LogP contribution is 2.31. The highest BCUT2D eigenvalue weighted by atomic mass is 16.5. The molecule has 1 aliphatic heterocycles. The molecule has 1 aromatic rings. The molecule has 1 saturated heterocycles. The topological polar surface area (TPSA) is 38.5 Å². The molecule has 3 unspecified atom stereocenters. The van der Waals surface area contributed by atoms with Crippen LogP contribution in [0.1, 0.15) is 38.8 Å². The predicted molar refractivity (Wildman–Crippen MR) is 79.4 cm³/mol. The van der Waals surface area contributed by atoms with Gasteiger partial charge in [0.05, 0.1) is 6.61 Å². The van der Waals surface area contributed by atoms with Crippen molar-refractivity contribution >= 4 is 0 Å². The zero-order chi connectivity index (χ0) is 13.8. The van der Waals surface area contributed by atoms with E-state index in [0.29, 0.717) is 24.6 Å². The molecule has 3 atom stereocenters. The monoisotopic (exact) mass is 262 g/mol. The van der Waals surface area contributed by atoms with Gasteiger partial charge in [-0.05, 0) is 32.3 Å². The van der Waals surface area contributed by atoms with E-state index in [1.54, 1.807) is 0 Å². The first-order valence-electron chi connectivity index (χ1n) is 7.33. The van der Waals surface area contributed by atoms with Crippen molar-refractivity contribution in [3.05, 3.63) is 29.8 Å². The molecule has 0 aromatic heterocycles. The quantitative estimate of drug-likeness (QED) is 0.907. The predicted octanol–water partition coefficient (Wildman–Crippen LogP) is 2.82. The van der Waals surface area contributed by atoms with Crippen LogP contribution in [0.15, 0.2) is 24.3 Å². The van der Waals surface area contributed by atoms with Crippen molar-refractivity contribution in [2.75, 3.05) is 19.7 Å². The van der Waals surface area contributed by atoms with Crippen LogP contribution in [-0.2, 0) is 0 Å². The molecule has 2 N–H and O–H groups in total. The molecule has 106 valence electrons. The Balaban J connectivity index is 2.16. The lowest BCUT2D eigenvalue weighted by Crippen LogP contribution is -2.47. The average Bonchev–Trinajstić information content (AvgIpc) is 2.38. The summed E-state index contributed by atoms with van der Waals surface area (Å²) < 4.78 is 5.74. The molecule has 19 heavy (non-hydrogen) atoms. The fourth-order valence-electron chi connectivity index (χ4n) is 3.07. The molecule has 0 saturated carbocycles. The number of benzene rings is 1. The van der Waals surface area contributed by atoms with Crippen LogP contribution >= 0.6 is 0 Å². The molecule has 3 nitrogen and oxygen atoms in total. The number of piperidine rings is 1. The maximum atomic E-state index is 6.16. The standard InChI is InChI=1S/C16H26N2O/c1-4-19-16-8-6-5-7-15(16)13(3)18-10-12(2)9-14(17)11-18/h5-8,12-14H,4,9-11,17H2,1-3H3. The van der Waals surface area contributed by atoms with E-state index < -0.39 is 0 Å². The minimum atomic E-state index is 0.297. The Bertz CT molecular complexity index is 397. The zero-order valence-electron chi connectivity index (χ0n) is 12.3. The van der Waals surface area contributed by atoms with Crippen LogP contribution in [0.4, 0.5) is 0 Å². The Morgan fingerprint density at radius 3 is 2.79 bits per heavy atom. The molecule has 1 fully saturated rings. The van der Waals surface area contributed by atoms with Gasteiger partial charge in [0.15, 0.2) is 0 Å². The third-order valence-electron chi connectivity index (χ3n) is 3.94. The fourth-order valence-corrected chi connectivity index (χ4v) is 3.07. The SMILES string of the molecule is CCOc1ccccc1C(C)N1CC(C)CC(N)C1. The average molecular weight is 262 g/mol. The van der Waals surface area contributed by atoms with Crippen molar-refractivity contribution in [2.24, 2.45) is 11.7 Å². The first-order chi connectivity index (χ1) is 9.11. The van der Waals surface area contributed by atoms with Crippen molar-refractivity contribution in [2.45, 2.75) is 39.3 Å². The summed E-state index contributed by atoms with van der Waals surface area (Å²) in [6.45, 7) is 9.37. The van der Waals surface area contributed by atoms with E-state index in [9.17, 15) is 0 Å². The molecule has 0 bridgehead atoms. The summed E-state index contributed by atoms with van der Waals surface area (Å²) in [5.41, 5.74) is 7.42.